The maximum Gasteiger partial charge on any atom is 0.222 e. The molecule has 0 spiro atoms. The van der Waals surface area contributed by atoms with Gasteiger partial charge in [-0.2, -0.15) is 0 Å². The third-order valence-corrected chi connectivity index (χ3v) is 3.11. The number of rotatable bonds is 7. The number of carbonyl (C=O) groups excluding carboxylic acids is 1. The second kappa shape index (κ2) is 7.89. The summed E-state index contributed by atoms with van der Waals surface area (Å²) >= 11 is 0. The first-order valence-electron chi connectivity index (χ1n) is 6.70. The molecule has 3 nitrogen and oxygen atoms in total. The standard InChI is InChI=1S/C15H22FNO2/c1-11(15(19)17-10-9-12(2)18)7-8-13-5-3-4-6-14(13)16/h3-6,11-12,18H,7-10H2,1-2H3,(H,17,19). The van der Waals surface area contributed by atoms with Crippen LogP contribution in [0.2, 0.25) is 0 Å². The molecular weight excluding hydrogens is 245 g/mol. The van der Waals surface area contributed by atoms with Gasteiger partial charge in [0.15, 0.2) is 0 Å². The molecule has 0 radical (unpaired) electrons. The fraction of sp³-hybridized carbons (Fsp3) is 0.533. The number of aliphatic hydroxyl groups excluding tert-OH is 1. The molecule has 1 aromatic carbocycles. The Kier molecular flexibility index (Phi) is 6.50. The van der Waals surface area contributed by atoms with Crippen LogP contribution in [-0.2, 0) is 11.2 Å². The maximum absolute atomic E-state index is 13.4. The SMILES string of the molecule is CC(O)CCNC(=O)C(C)CCc1ccccc1F. The molecule has 2 atom stereocenters. The Bertz CT molecular complexity index is 407. The Morgan fingerprint density at radius 1 is 1.32 bits per heavy atom. The highest BCUT2D eigenvalue weighted by Crippen LogP contribution is 2.13. The Balaban J connectivity index is 2.32. The first kappa shape index (κ1) is 15.6. The average molecular weight is 267 g/mol. The van der Waals surface area contributed by atoms with Crippen molar-refractivity contribution < 1.29 is 14.3 Å². The van der Waals surface area contributed by atoms with Crippen LogP contribution in [0.3, 0.4) is 0 Å². The molecular formula is C15H22FNO2. The normalized spacial score (nSPS) is 13.9. The van der Waals surface area contributed by atoms with Gasteiger partial charge in [-0.05, 0) is 37.8 Å². The van der Waals surface area contributed by atoms with Crippen LogP contribution in [-0.4, -0.2) is 23.7 Å². The van der Waals surface area contributed by atoms with Crippen LogP contribution in [0.4, 0.5) is 4.39 Å². The lowest BCUT2D eigenvalue weighted by atomic mass is 10.00. The molecule has 19 heavy (non-hydrogen) atoms. The predicted molar refractivity (Wildman–Crippen MR) is 73.2 cm³/mol. The second-order valence-corrected chi connectivity index (χ2v) is 4.96. The quantitative estimate of drug-likeness (QED) is 0.796. The number of hydrogen-bond donors (Lipinski definition) is 2. The monoisotopic (exact) mass is 267 g/mol. The van der Waals surface area contributed by atoms with Gasteiger partial charge in [-0.15, -0.1) is 0 Å². The Morgan fingerprint density at radius 2 is 2.00 bits per heavy atom. The fourth-order valence-corrected chi connectivity index (χ4v) is 1.78. The lowest BCUT2D eigenvalue weighted by molar-refractivity contribution is -0.124. The minimum absolute atomic E-state index is 0.0445. The number of carbonyl (C=O) groups is 1. The first-order chi connectivity index (χ1) is 9.00. The van der Waals surface area contributed by atoms with E-state index >= 15 is 0 Å². The van der Waals surface area contributed by atoms with E-state index in [1.54, 1.807) is 25.1 Å². The zero-order valence-corrected chi connectivity index (χ0v) is 11.5. The van der Waals surface area contributed by atoms with Gasteiger partial charge in [0.05, 0.1) is 6.10 Å². The van der Waals surface area contributed by atoms with Crippen LogP contribution >= 0.6 is 0 Å². The number of benzene rings is 1. The van der Waals surface area contributed by atoms with Gasteiger partial charge < -0.3 is 10.4 Å². The number of aryl methyl sites for hydroxylation is 1. The van der Waals surface area contributed by atoms with E-state index in [1.165, 1.54) is 6.07 Å². The molecule has 0 aromatic heterocycles. The molecule has 0 aliphatic heterocycles. The molecule has 0 saturated heterocycles. The molecule has 1 amide bonds. The Hall–Kier alpha value is -1.42. The van der Waals surface area contributed by atoms with Crippen LogP contribution in [0.15, 0.2) is 24.3 Å². The second-order valence-electron chi connectivity index (χ2n) is 4.96. The molecule has 0 bridgehead atoms. The van der Waals surface area contributed by atoms with E-state index in [0.29, 0.717) is 31.4 Å². The van der Waals surface area contributed by atoms with Gasteiger partial charge in [-0.1, -0.05) is 25.1 Å². The lowest BCUT2D eigenvalue weighted by Crippen LogP contribution is -2.31. The lowest BCUT2D eigenvalue weighted by Gasteiger charge is -2.13. The number of halogens is 1. The average Bonchev–Trinajstić information content (AvgIpc) is 2.36. The van der Waals surface area contributed by atoms with E-state index in [0.717, 1.165) is 0 Å². The highest BCUT2D eigenvalue weighted by atomic mass is 19.1. The molecule has 0 aliphatic rings. The van der Waals surface area contributed by atoms with Crippen molar-refractivity contribution in [2.24, 2.45) is 5.92 Å². The van der Waals surface area contributed by atoms with Crippen molar-refractivity contribution in [2.75, 3.05) is 6.54 Å². The number of nitrogens with one attached hydrogen (secondary N) is 1. The van der Waals surface area contributed by atoms with Gasteiger partial charge in [-0.3, -0.25) is 4.79 Å². The van der Waals surface area contributed by atoms with Crippen molar-refractivity contribution in [2.45, 2.75) is 39.2 Å². The van der Waals surface area contributed by atoms with Gasteiger partial charge >= 0.3 is 0 Å². The number of amides is 1. The van der Waals surface area contributed by atoms with E-state index < -0.39 is 6.10 Å². The first-order valence-corrected chi connectivity index (χ1v) is 6.70. The van der Waals surface area contributed by atoms with Gasteiger partial charge in [0.2, 0.25) is 5.91 Å². The number of hydrogen-bond acceptors (Lipinski definition) is 2. The van der Waals surface area contributed by atoms with E-state index in [1.807, 2.05) is 6.92 Å². The summed E-state index contributed by atoms with van der Waals surface area (Å²) in [6.07, 6.45) is 1.30. The van der Waals surface area contributed by atoms with E-state index in [-0.39, 0.29) is 17.6 Å². The summed E-state index contributed by atoms with van der Waals surface area (Å²) in [4.78, 5) is 11.7. The van der Waals surface area contributed by atoms with Crippen molar-refractivity contribution in [3.63, 3.8) is 0 Å². The highest BCUT2D eigenvalue weighted by Gasteiger charge is 2.13. The molecule has 4 heteroatoms. The molecule has 0 aliphatic carbocycles. The van der Waals surface area contributed by atoms with E-state index in [2.05, 4.69) is 5.32 Å². The summed E-state index contributed by atoms with van der Waals surface area (Å²) in [5, 5.41) is 11.9. The van der Waals surface area contributed by atoms with Crippen LogP contribution in [0.1, 0.15) is 32.3 Å². The number of aliphatic hydroxyl groups is 1. The minimum Gasteiger partial charge on any atom is -0.393 e. The fourth-order valence-electron chi connectivity index (χ4n) is 1.78. The molecule has 0 saturated carbocycles. The summed E-state index contributed by atoms with van der Waals surface area (Å²) in [6, 6.07) is 6.63. The molecule has 0 fully saturated rings. The Morgan fingerprint density at radius 3 is 2.63 bits per heavy atom. The third kappa shape index (κ3) is 5.83. The summed E-state index contributed by atoms with van der Waals surface area (Å²) in [6.45, 7) is 3.99. The zero-order valence-electron chi connectivity index (χ0n) is 11.5. The summed E-state index contributed by atoms with van der Waals surface area (Å²) in [7, 11) is 0. The largest absolute Gasteiger partial charge is 0.393 e. The van der Waals surface area contributed by atoms with Crippen molar-refractivity contribution in [3.8, 4) is 0 Å². The topological polar surface area (TPSA) is 49.3 Å². The smallest absolute Gasteiger partial charge is 0.222 e. The predicted octanol–water partition coefficient (Wildman–Crippen LogP) is 2.28. The molecule has 106 valence electrons. The molecule has 0 heterocycles. The van der Waals surface area contributed by atoms with E-state index in [4.69, 9.17) is 5.11 Å². The van der Waals surface area contributed by atoms with Crippen molar-refractivity contribution in [3.05, 3.63) is 35.6 Å². The molecule has 1 aromatic rings. The molecule has 1 rings (SSSR count). The Labute approximate surface area is 113 Å². The molecule has 2 unspecified atom stereocenters. The van der Waals surface area contributed by atoms with Gasteiger partial charge in [0, 0.05) is 12.5 Å². The van der Waals surface area contributed by atoms with Gasteiger partial charge in [0.25, 0.3) is 0 Å². The van der Waals surface area contributed by atoms with Crippen LogP contribution in [0.5, 0.6) is 0 Å². The summed E-state index contributed by atoms with van der Waals surface area (Å²) in [5.41, 5.74) is 0.645. The van der Waals surface area contributed by atoms with Crippen molar-refractivity contribution in [1.82, 2.24) is 5.32 Å². The highest BCUT2D eigenvalue weighted by molar-refractivity contribution is 5.78. The van der Waals surface area contributed by atoms with Gasteiger partial charge in [-0.25, -0.2) is 4.39 Å². The van der Waals surface area contributed by atoms with Crippen LogP contribution in [0.25, 0.3) is 0 Å². The van der Waals surface area contributed by atoms with Crippen molar-refractivity contribution in [1.29, 1.82) is 0 Å². The molecule has 2 N–H and O–H groups in total. The van der Waals surface area contributed by atoms with Crippen molar-refractivity contribution >= 4 is 5.91 Å². The summed E-state index contributed by atoms with van der Waals surface area (Å²) in [5.74, 6) is -0.421. The zero-order chi connectivity index (χ0) is 14.3. The third-order valence-electron chi connectivity index (χ3n) is 3.11. The van der Waals surface area contributed by atoms with E-state index in [9.17, 15) is 9.18 Å². The van der Waals surface area contributed by atoms with Gasteiger partial charge in [0.1, 0.15) is 5.82 Å². The van der Waals surface area contributed by atoms with Crippen LogP contribution in [0, 0.1) is 11.7 Å². The minimum atomic E-state index is -0.408. The van der Waals surface area contributed by atoms with Crippen LogP contribution < -0.4 is 5.32 Å². The summed E-state index contributed by atoms with van der Waals surface area (Å²) < 4.78 is 13.4. The maximum atomic E-state index is 13.4.